The summed E-state index contributed by atoms with van der Waals surface area (Å²) >= 11 is 3.43. The van der Waals surface area contributed by atoms with Crippen molar-refractivity contribution in [1.82, 2.24) is 5.32 Å². The zero-order valence-electron chi connectivity index (χ0n) is 11.3. The summed E-state index contributed by atoms with van der Waals surface area (Å²) in [5.74, 6) is -0.155. The summed E-state index contributed by atoms with van der Waals surface area (Å²) in [6, 6.07) is 10.1. The van der Waals surface area contributed by atoms with Crippen molar-refractivity contribution < 1.29 is 4.79 Å². The molecule has 0 aliphatic heterocycles. The van der Waals surface area contributed by atoms with E-state index in [-0.39, 0.29) is 17.7 Å². The Morgan fingerprint density at radius 2 is 2.26 bits per heavy atom. The zero-order valence-corrected chi connectivity index (χ0v) is 12.9. The van der Waals surface area contributed by atoms with E-state index in [2.05, 4.69) is 27.3 Å². The van der Waals surface area contributed by atoms with Gasteiger partial charge in [-0.2, -0.15) is 5.26 Å². The van der Waals surface area contributed by atoms with Gasteiger partial charge in [-0.15, -0.1) is 0 Å². The second-order valence-corrected chi connectivity index (χ2v) is 5.63. The summed E-state index contributed by atoms with van der Waals surface area (Å²) in [6.45, 7) is 4.23. The standard InChI is InChI=1S/C15H19BrN2O/c1-3-13(15(19)18-10-11(2)9-17)7-12-5-4-6-14(16)8-12/h4-6,8,11,13H,3,7,10H2,1-2H3,(H,18,19). The first-order valence-electron chi connectivity index (χ1n) is 6.48. The minimum absolute atomic E-state index is 0.0320. The van der Waals surface area contributed by atoms with Gasteiger partial charge < -0.3 is 5.32 Å². The molecular formula is C15H19BrN2O. The molecule has 0 aliphatic carbocycles. The molecule has 2 unspecified atom stereocenters. The number of nitrogens with zero attached hydrogens (tertiary/aromatic N) is 1. The Morgan fingerprint density at radius 1 is 1.53 bits per heavy atom. The molecule has 0 fully saturated rings. The summed E-state index contributed by atoms with van der Waals surface area (Å²) in [5.41, 5.74) is 1.14. The number of hydrogen-bond donors (Lipinski definition) is 1. The second kappa shape index (κ2) is 7.96. The molecule has 0 saturated heterocycles. The van der Waals surface area contributed by atoms with Crippen molar-refractivity contribution in [2.45, 2.75) is 26.7 Å². The molecule has 1 N–H and O–H groups in total. The highest BCUT2D eigenvalue weighted by atomic mass is 79.9. The van der Waals surface area contributed by atoms with Crippen LogP contribution in [0.25, 0.3) is 0 Å². The van der Waals surface area contributed by atoms with Crippen LogP contribution in [-0.2, 0) is 11.2 Å². The first kappa shape index (κ1) is 15.7. The number of halogens is 1. The van der Waals surface area contributed by atoms with Gasteiger partial charge in [0.1, 0.15) is 0 Å². The van der Waals surface area contributed by atoms with Crippen LogP contribution in [-0.4, -0.2) is 12.5 Å². The summed E-state index contributed by atoms with van der Waals surface area (Å²) in [6.07, 6.45) is 1.52. The fourth-order valence-electron chi connectivity index (χ4n) is 1.81. The van der Waals surface area contributed by atoms with Gasteiger partial charge in [-0.3, -0.25) is 4.79 Å². The molecule has 0 heterocycles. The fraction of sp³-hybridized carbons (Fsp3) is 0.467. The van der Waals surface area contributed by atoms with Crippen molar-refractivity contribution in [3.8, 4) is 6.07 Å². The van der Waals surface area contributed by atoms with Gasteiger partial charge in [-0.1, -0.05) is 35.0 Å². The first-order chi connectivity index (χ1) is 9.06. The minimum atomic E-state index is -0.146. The van der Waals surface area contributed by atoms with E-state index < -0.39 is 0 Å². The van der Waals surface area contributed by atoms with Crippen LogP contribution in [0.2, 0.25) is 0 Å². The van der Waals surface area contributed by atoms with Crippen LogP contribution in [0, 0.1) is 23.2 Å². The molecule has 0 spiro atoms. The molecule has 1 aromatic carbocycles. The van der Waals surface area contributed by atoms with Crippen molar-refractivity contribution in [2.75, 3.05) is 6.54 Å². The van der Waals surface area contributed by atoms with Crippen LogP contribution in [0.5, 0.6) is 0 Å². The van der Waals surface area contributed by atoms with Crippen molar-refractivity contribution in [1.29, 1.82) is 5.26 Å². The lowest BCUT2D eigenvalue weighted by atomic mass is 9.96. The Bertz CT molecular complexity index is 467. The van der Waals surface area contributed by atoms with Crippen LogP contribution in [0.3, 0.4) is 0 Å². The van der Waals surface area contributed by atoms with Crippen molar-refractivity contribution >= 4 is 21.8 Å². The zero-order chi connectivity index (χ0) is 14.3. The fourth-order valence-corrected chi connectivity index (χ4v) is 2.26. The number of rotatable bonds is 6. The van der Waals surface area contributed by atoms with Crippen LogP contribution < -0.4 is 5.32 Å². The largest absolute Gasteiger partial charge is 0.355 e. The van der Waals surface area contributed by atoms with Gasteiger partial charge >= 0.3 is 0 Å². The average molecular weight is 323 g/mol. The Kier molecular flexibility index (Phi) is 6.58. The highest BCUT2D eigenvalue weighted by molar-refractivity contribution is 9.10. The number of nitrogens with one attached hydrogen (secondary N) is 1. The summed E-state index contributed by atoms with van der Waals surface area (Å²) in [4.78, 5) is 12.1. The van der Waals surface area contributed by atoms with E-state index in [0.29, 0.717) is 6.54 Å². The highest BCUT2D eigenvalue weighted by Crippen LogP contribution is 2.17. The SMILES string of the molecule is CCC(Cc1cccc(Br)c1)C(=O)NCC(C)C#N. The van der Waals surface area contributed by atoms with E-state index in [4.69, 9.17) is 5.26 Å². The van der Waals surface area contributed by atoms with Gasteiger partial charge in [-0.05, 0) is 37.5 Å². The molecule has 2 atom stereocenters. The number of nitriles is 1. The Morgan fingerprint density at radius 3 is 2.84 bits per heavy atom. The highest BCUT2D eigenvalue weighted by Gasteiger charge is 2.17. The lowest BCUT2D eigenvalue weighted by molar-refractivity contribution is -0.125. The third kappa shape index (κ3) is 5.44. The number of carbonyl (C=O) groups is 1. The van der Waals surface area contributed by atoms with E-state index in [1.807, 2.05) is 31.2 Å². The average Bonchev–Trinajstić information content (AvgIpc) is 2.41. The third-order valence-corrected chi connectivity index (χ3v) is 3.53. The molecule has 0 bridgehead atoms. The van der Waals surface area contributed by atoms with Crippen LogP contribution in [0.4, 0.5) is 0 Å². The van der Waals surface area contributed by atoms with E-state index >= 15 is 0 Å². The van der Waals surface area contributed by atoms with Crippen molar-refractivity contribution in [3.05, 3.63) is 34.3 Å². The first-order valence-corrected chi connectivity index (χ1v) is 7.27. The molecule has 1 aromatic rings. The minimum Gasteiger partial charge on any atom is -0.355 e. The summed E-state index contributed by atoms with van der Waals surface area (Å²) in [7, 11) is 0. The number of carbonyl (C=O) groups excluding carboxylic acids is 1. The second-order valence-electron chi connectivity index (χ2n) is 4.71. The Balaban J connectivity index is 2.58. The summed E-state index contributed by atoms with van der Waals surface area (Å²) < 4.78 is 1.03. The molecular weight excluding hydrogens is 304 g/mol. The number of hydrogen-bond acceptors (Lipinski definition) is 2. The maximum absolute atomic E-state index is 12.1. The molecule has 1 rings (SSSR count). The number of amides is 1. The maximum atomic E-state index is 12.1. The monoisotopic (exact) mass is 322 g/mol. The molecule has 4 heteroatoms. The topological polar surface area (TPSA) is 52.9 Å². The van der Waals surface area contributed by atoms with Gasteiger partial charge in [0.25, 0.3) is 0 Å². The normalized spacial score (nSPS) is 13.4. The van der Waals surface area contributed by atoms with Crippen molar-refractivity contribution in [2.24, 2.45) is 11.8 Å². The lowest BCUT2D eigenvalue weighted by Crippen LogP contribution is -2.34. The van der Waals surface area contributed by atoms with E-state index in [1.54, 1.807) is 6.92 Å². The van der Waals surface area contributed by atoms with Gasteiger partial charge in [0.2, 0.25) is 5.91 Å². The Labute approximate surface area is 123 Å². The lowest BCUT2D eigenvalue weighted by Gasteiger charge is -2.15. The van der Waals surface area contributed by atoms with Crippen LogP contribution in [0.1, 0.15) is 25.8 Å². The van der Waals surface area contributed by atoms with Gasteiger partial charge in [0.15, 0.2) is 0 Å². The summed E-state index contributed by atoms with van der Waals surface area (Å²) in [5, 5.41) is 11.5. The van der Waals surface area contributed by atoms with Gasteiger partial charge in [0.05, 0.1) is 12.0 Å². The predicted octanol–water partition coefficient (Wildman–Crippen LogP) is 3.29. The van der Waals surface area contributed by atoms with E-state index in [0.717, 1.165) is 22.9 Å². The van der Waals surface area contributed by atoms with Gasteiger partial charge in [0, 0.05) is 16.9 Å². The smallest absolute Gasteiger partial charge is 0.223 e. The van der Waals surface area contributed by atoms with E-state index in [1.165, 1.54) is 0 Å². The number of benzene rings is 1. The molecule has 0 aromatic heterocycles. The maximum Gasteiger partial charge on any atom is 0.223 e. The molecule has 3 nitrogen and oxygen atoms in total. The molecule has 0 radical (unpaired) electrons. The molecule has 19 heavy (non-hydrogen) atoms. The third-order valence-electron chi connectivity index (χ3n) is 3.04. The van der Waals surface area contributed by atoms with E-state index in [9.17, 15) is 4.79 Å². The van der Waals surface area contributed by atoms with Crippen LogP contribution in [0.15, 0.2) is 28.7 Å². The molecule has 102 valence electrons. The van der Waals surface area contributed by atoms with Crippen molar-refractivity contribution in [3.63, 3.8) is 0 Å². The van der Waals surface area contributed by atoms with Gasteiger partial charge in [-0.25, -0.2) is 0 Å². The Hall–Kier alpha value is -1.34. The molecule has 0 saturated carbocycles. The molecule has 0 aliphatic rings. The quantitative estimate of drug-likeness (QED) is 0.873. The van der Waals surface area contributed by atoms with Crippen LogP contribution >= 0.6 is 15.9 Å². The molecule has 1 amide bonds. The predicted molar refractivity (Wildman–Crippen MR) is 79.4 cm³/mol.